The molecule has 0 aliphatic heterocycles. The van der Waals surface area contributed by atoms with Gasteiger partial charge in [-0.1, -0.05) is 60.7 Å². The lowest BCUT2D eigenvalue weighted by atomic mass is 10.1. The van der Waals surface area contributed by atoms with Gasteiger partial charge in [-0.2, -0.15) is 0 Å². The van der Waals surface area contributed by atoms with Crippen molar-refractivity contribution in [3.63, 3.8) is 0 Å². The van der Waals surface area contributed by atoms with Gasteiger partial charge in [-0.3, -0.25) is 14.4 Å². The molecule has 5 aromatic rings. The van der Waals surface area contributed by atoms with Gasteiger partial charge in [0.15, 0.2) is 0 Å². The summed E-state index contributed by atoms with van der Waals surface area (Å²) in [5.74, 6) is -0.0526. The molecule has 1 atom stereocenters. The van der Waals surface area contributed by atoms with Gasteiger partial charge in [0, 0.05) is 33.5 Å². The zero-order valence-electron chi connectivity index (χ0n) is 27.7. The highest BCUT2D eigenvalue weighted by Gasteiger charge is 2.23. The lowest BCUT2D eigenvalue weighted by Crippen LogP contribution is -2.30. The van der Waals surface area contributed by atoms with Gasteiger partial charge >= 0.3 is 0 Å². The summed E-state index contributed by atoms with van der Waals surface area (Å²) < 4.78 is 10.8. The molecule has 0 radical (unpaired) electrons. The highest BCUT2D eigenvalue weighted by atomic mass is 32.2. The van der Waals surface area contributed by atoms with Crippen LogP contribution in [0.2, 0.25) is 0 Å². The highest BCUT2D eigenvalue weighted by Crippen LogP contribution is 2.37. The zero-order valence-corrected chi connectivity index (χ0v) is 28.5. The van der Waals surface area contributed by atoms with E-state index in [4.69, 9.17) is 9.47 Å². The van der Waals surface area contributed by atoms with E-state index >= 15 is 0 Å². The number of carbonyl (C=O) groups is 3. The van der Waals surface area contributed by atoms with Gasteiger partial charge in [-0.05, 0) is 91.2 Å². The standard InChI is InChI=1S/C40H37N3O5S/c1-26-12-11-17-34(27(26)2)42-40(46)37(28-13-7-5-8-14-28)49-33-22-19-31(20-23-33)41-39(45)35(43-38(44)29-15-9-6-10-16-29)24-30-18-21-32(47-3)25-36(30)48-4/h5-25,37H,1-4H3,(H,41,45)(H,42,46)(H,43,44)/b35-24-. The summed E-state index contributed by atoms with van der Waals surface area (Å²) >= 11 is 1.41. The Morgan fingerprint density at radius 3 is 2.10 bits per heavy atom. The number of aryl methyl sites for hydroxylation is 1. The van der Waals surface area contributed by atoms with E-state index in [0.29, 0.717) is 28.3 Å². The Kier molecular flexibility index (Phi) is 11.5. The maximum absolute atomic E-state index is 13.7. The average molecular weight is 672 g/mol. The fourth-order valence-electron chi connectivity index (χ4n) is 4.97. The lowest BCUT2D eigenvalue weighted by molar-refractivity contribution is -0.116. The van der Waals surface area contributed by atoms with Crippen LogP contribution in [0, 0.1) is 13.8 Å². The monoisotopic (exact) mass is 671 g/mol. The second-order valence-corrected chi connectivity index (χ2v) is 12.3. The number of rotatable bonds is 12. The third-order valence-electron chi connectivity index (χ3n) is 7.84. The smallest absolute Gasteiger partial charge is 0.272 e. The number of methoxy groups -OCH3 is 2. The molecule has 3 amide bonds. The summed E-state index contributed by atoms with van der Waals surface area (Å²) in [5.41, 5.74) is 5.26. The van der Waals surface area contributed by atoms with Crippen molar-refractivity contribution in [2.45, 2.75) is 24.0 Å². The van der Waals surface area contributed by atoms with Crippen molar-refractivity contribution in [3.05, 3.63) is 155 Å². The van der Waals surface area contributed by atoms with Crippen molar-refractivity contribution in [2.75, 3.05) is 24.9 Å². The van der Waals surface area contributed by atoms with Crippen LogP contribution in [0.3, 0.4) is 0 Å². The molecule has 0 saturated carbocycles. The molecule has 8 nitrogen and oxygen atoms in total. The van der Waals surface area contributed by atoms with Crippen LogP contribution in [0.4, 0.5) is 11.4 Å². The summed E-state index contributed by atoms with van der Waals surface area (Å²) in [5, 5.41) is 8.22. The lowest BCUT2D eigenvalue weighted by Gasteiger charge is -2.19. The molecule has 0 aliphatic rings. The van der Waals surface area contributed by atoms with E-state index in [2.05, 4.69) is 16.0 Å². The summed E-state index contributed by atoms with van der Waals surface area (Å²) in [4.78, 5) is 41.2. The number of ether oxygens (including phenoxy) is 2. The number of benzene rings is 5. The minimum atomic E-state index is -0.530. The van der Waals surface area contributed by atoms with Gasteiger partial charge in [0.1, 0.15) is 22.4 Å². The average Bonchev–Trinajstić information content (AvgIpc) is 3.13. The Bertz CT molecular complexity index is 1960. The number of carbonyl (C=O) groups excluding carboxylic acids is 3. The summed E-state index contributed by atoms with van der Waals surface area (Å²) in [6.07, 6.45) is 1.55. The molecule has 49 heavy (non-hydrogen) atoms. The summed E-state index contributed by atoms with van der Waals surface area (Å²) in [6.45, 7) is 4.00. The van der Waals surface area contributed by atoms with E-state index in [0.717, 1.165) is 27.3 Å². The van der Waals surface area contributed by atoms with Gasteiger partial charge in [0.25, 0.3) is 11.8 Å². The molecule has 5 aromatic carbocycles. The Morgan fingerprint density at radius 2 is 1.43 bits per heavy atom. The summed E-state index contributed by atoms with van der Waals surface area (Å²) in [7, 11) is 3.07. The molecule has 0 spiro atoms. The van der Waals surface area contributed by atoms with Crippen molar-refractivity contribution in [3.8, 4) is 11.5 Å². The molecule has 0 aromatic heterocycles. The van der Waals surface area contributed by atoms with Crippen molar-refractivity contribution < 1.29 is 23.9 Å². The molecule has 0 bridgehead atoms. The van der Waals surface area contributed by atoms with E-state index in [-0.39, 0.29) is 11.6 Å². The highest BCUT2D eigenvalue weighted by molar-refractivity contribution is 8.00. The first-order valence-electron chi connectivity index (χ1n) is 15.6. The van der Waals surface area contributed by atoms with E-state index in [1.165, 1.54) is 18.9 Å². The second kappa shape index (κ2) is 16.3. The minimum absolute atomic E-state index is 0.0167. The molecule has 5 rings (SSSR count). The van der Waals surface area contributed by atoms with E-state index in [9.17, 15) is 14.4 Å². The molecule has 0 heterocycles. The molecular weight excluding hydrogens is 635 g/mol. The maximum Gasteiger partial charge on any atom is 0.272 e. The number of hydrogen-bond acceptors (Lipinski definition) is 6. The molecule has 1 unspecified atom stereocenters. The van der Waals surface area contributed by atoms with E-state index < -0.39 is 17.1 Å². The Hall–Kier alpha value is -5.80. The predicted molar refractivity (Wildman–Crippen MR) is 196 cm³/mol. The normalized spacial score (nSPS) is 11.6. The molecule has 9 heteroatoms. The SMILES string of the molecule is COc1ccc(/C=C(\NC(=O)c2ccccc2)C(=O)Nc2ccc(SC(C(=O)Nc3cccc(C)c3C)c3ccccc3)cc2)c(OC)c1. The third-order valence-corrected chi connectivity index (χ3v) is 9.10. The van der Waals surface area contributed by atoms with E-state index in [1.54, 1.807) is 67.8 Å². The number of anilines is 2. The van der Waals surface area contributed by atoms with Crippen LogP contribution in [0.1, 0.15) is 37.9 Å². The third kappa shape index (κ3) is 8.97. The van der Waals surface area contributed by atoms with Crippen molar-refractivity contribution in [2.24, 2.45) is 0 Å². The maximum atomic E-state index is 13.7. The second-order valence-electron chi connectivity index (χ2n) is 11.1. The Labute approximate surface area is 290 Å². The van der Waals surface area contributed by atoms with Crippen LogP contribution < -0.4 is 25.4 Å². The van der Waals surface area contributed by atoms with Gasteiger partial charge in [0.2, 0.25) is 5.91 Å². The van der Waals surface area contributed by atoms with Crippen LogP contribution in [-0.2, 0) is 9.59 Å². The fraction of sp³-hybridized carbons (Fsp3) is 0.125. The van der Waals surface area contributed by atoms with Gasteiger partial charge < -0.3 is 25.4 Å². The van der Waals surface area contributed by atoms with Crippen LogP contribution in [0.5, 0.6) is 11.5 Å². The molecule has 0 aliphatic carbocycles. The van der Waals surface area contributed by atoms with Crippen LogP contribution in [0.25, 0.3) is 6.08 Å². The van der Waals surface area contributed by atoms with Crippen molar-refractivity contribution in [1.29, 1.82) is 0 Å². The molecular formula is C40H37N3O5S. The number of amides is 3. The molecule has 248 valence electrons. The fourth-order valence-corrected chi connectivity index (χ4v) is 6.00. The first kappa shape index (κ1) is 34.5. The van der Waals surface area contributed by atoms with Crippen LogP contribution >= 0.6 is 11.8 Å². The van der Waals surface area contributed by atoms with Gasteiger partial charge in [0.05, 0.1) is 14.2 Å². The van der Waals surface area contributed by atoms with E-state index in [1.807, 2.05) is 80.6 Å². The molecule has 0 saturated heterocycles. The topological polar surface area (TPSA) is 106 Å². The minimum Gasteiger partial charge on any atom is -0.497 e. The largest absolute Gasteiger partial charge is 0.497 e. The van der Waals surface area contributed by atoms with Crippen LogP contribution in [-0.4, -0.2) is 31.9 Å². The molecule has 3 N–H and O–H groups in total. The quantitative estimate of drug-likeness (QED) is 0.0913. The number of hydrogen-bond donors (Lipinski definition) is 3. The summed E-state index contributed by atoms with van der Waals surface area (Å²) in [6, 6.07) is 36.5. The number of thioether (sulfide) groups is 1. The van der Waals surface area contributed by atoms with Gasteiger partial charge in [-0.25, -0.2) is 0 Å². The molecule has 0 fully saturated rings. The van der Waals surface area contributed by atoms with Crippen molar-refractivity contribution >= 4 is 46.9 Å². The first-order chi connectivity index (χ1) is 23.7. The Morgan fingerprint density at radius 1 is 0.735 bits per heavy atom. The van der Waals surface area contributed by atoms with Gasteiger partial charge in [-0.15, -0.1) is 11.8 Å². The van der Waals surface area contributed by atoms with Crippen LogP contribution in [0.15, 0.2) is 132 Å². The predicted octanol–water partition coefficient (Wildman–Crippen LogP) is 8.20. The zero-order chi connectivity index (χ0) is 34.8. The first-order valence-corrected chi connectivity index (χ1v) is 16.4. The van der Waals surface area contributed by atoms with Crippen molar-refractivity contribution in [1.82, 2.24) is 5.32 Å². The number of nitrogens with one attached hydrogen (secondary N) is 3. The Balaban J connectivity index is 1.36.